The molecule has 400 valence electrons. The summed E-state index contributed by atoms with van der Waals surface area (Å²) in [4.78, 5) is 8.75. The van der Waals surface area contributed by atoms with Crippen LogP contribution in [0.5, 0.6) is 0 Å². The molecule has 0 bridgehead atoms. The summed E-state index contributed by atoms with van der Waals surface area (Å²) >= 11 is 0. The molecule has 0 radical (unpaired) electrons. The van der Waals surface area contributed by atoms with Gasteiger partial charge in [0, 0.05) is 81.4 Å². The molecular weight excluding hydrogens is 1020 g/mol. The highest BCUT2D eigenvalue weighted by molar-refractivity contribution is 5.82. The van der Waals surface area contributed by atoms with Crippen LogP contribution in [0.3, 0.4) is 0 Å². The van der Waals surface area contributed by atoms with Gasteiger partial charge >= 0.3 is 0 Å². The minimum Gasteiger partial charge on any atom is -0.345 e. The van der Waals surface area contributed by atoms with Gasteiger partial charge in [0.05, 0.1) is 0 Å². The highest BCUT2D eigenvalue weighted by Gasteiger charge is 2.18. The molecule has 0 amide bonds. The summed E-state index contributed by atoms with van der Waals surface area (Å²) < 4.78 is 0. The van der Waals surface area contributed by atoms with Crippen molar-refractivity contribution < 1.29 is 0 Å². The zero-order valence-corrected chi connectivity index (χ0v) is 46.6. The molecule has 0 N–H and O–H groups in total. The zero-order valence-electron chi connectivity index (χ0n) is 46.6. The summed E-state index contributed by atoms with van der Waals surface area (Å²) in [7, 11) is 4.14. The lowest BCUT2D eigenvalue weighted by atomic mass is 9.93. The molecule has 0 spiro atoms. The monoisotopic (exact) mass is 1080 g/mol. The Morgan fingerprint density at radius 1 is 0.274 bits per heavy atom. The first-order valence-corrected chi connectivity index (χ1v) is 27.7. The maximum atomic E-state index is 10.4. The molecule has 0 aromatic heterocycles. The maximum Gasteiger partial charge on any atom is 0.137 e. The molecule has 0 aliphatic rings. The summed E-state index contributed by atoms with van der Waals surface area (Å²) in [5.74, 6) is 0. The molecule has 0 unspecified atom stereocenters. The Bertz CT molecular complexity index is 4050. The summed E-state index contributed by atoms with van der Waals surface area (Å²) in [5, 5.41) is 42.4. The van der Waals surface area contributed by atoms with Gasteiger partial charge in [0.15, 0.2) is 0 Å². The van der Waals surface area contributed by atoms with Crippen molar-refractivity contribution in [1.82, 2.24) is 0 Å². The van der Waals surface area contributed by atoms with Gasteiger partial charge in [-0.2, -0.15) is 21.0 Å². The van der Waals surface area contributed by atoms with Crippen LogP contribution >= 0.6 is 0 Å². The normalized spacial score (nSPS) is 10.5. The van der Waals surface area contributed by atoms with E-state index in [0.29, 0.717) is 34.4 Å². The predicted octanol–water partition coefficient (Wildman–Crippen LogP) is 17.1. The average Bonchev–Trinajstić information content (AvgIpc) is 3.75. The standard InChI is InChI=1S/C76H56N8/c1-81(65-15-7-3-8-16-65)67-39-27-57(28-40-67)59-31-43-73(44-32-59)83(69-19-11-5-12-20-69)71-35-23-55(24-36-71)47-61-49-76(64(53-79)54-80)62(50-75(61)63(51-77)52-78)48-56-25-37-72(38-26-56)84(70-21-13-6-14-22-70)74-45-33-60(34-46-74)58-29-41-68(42-30-58)82(2)66-17-9-4-10-18-66/h3-46,49-50H,47-48H2,1-2H3. The Morgan fingerprint density at radius 2 is 0.488 bits per heavy atom. The quantitative estimate of drug-likeness (QED) is 0.0941. The Hall–Kier alpha value is -11.7. The Balaban J connectivity index is 0.852. The van der Waals surface area contributed by atoms with Gasteiger partial charge in [-0.05, 0) is 191 Å². The van der Waals surface area contributed by atoms with Crippen LogP contribution in [0.4, 0.5) is 56.9 Å². The first kappa shape index (κ1) is 54.3. The summed E-state index contributed by atoms with van der Waals surface area (Å²) in [6.07, 6.45) is 0.674. The van der Waals surface area contributed by atoms with Gasteiger partial charge in [-0.3, -0.25) is 0 Å². The van der Waals surface area contributed by atoms with Crippen molar-refractivity contribution in [3.8, 4) is 46.5 Å². The van der Waals surface area contributed by atoms with E-state index in [0.717, 1.165) is 90.3 Å². The van der Waals surface area contributed by atoms with Crippen LogP contribution < -0.4 is 30.0 Å². The lowest BCUT2D eigenvalue weighted by Crippen LogP contribution is -2.24. The third-order valence-electron chi connectivity index (χ3n) is 15.2. The van der Waals surface area contributed by atoms with Crippen LogP contribution in [0.15, 0.2) is 279 Å². The highest BCUT2D eigenvalue weighted by atomic mass is 15.1. The van der Waals surface area contributed by atoms with Crippen molar-refractivity contribution in [3.05, 3.63) is 312 Å². The number of para-hydroxylation sites is 4. The number of anilines is 10. The van der Waals surface area contributed by atoms with Crippen LogP contribution in [0.1, 0.15) is 22.3 Å². The molecule has 11 rings (SSSR count). The lowest BCUT2D eigenvalue weighted by Gasteiger charge is -2.26. The Morgan fingerprint density at radius 3 is 0.750 bits per heavy atom. The smallest absolute Gasteiger partial charge is 0.137 e. The van der Waals surface area contributed by atoms with Crippen molar-refractivity contribution in [1.29, 1.82) is 21.0 Å². The molecule has 11 aromatic carbocycles. The zero-order chi connectivity index (χ0) is 57.8. The van der Waals surface area contributed by atoms with Gasteiger partial charge in [0.2, 0.25) is 0 Å². The first-order chi connectivity index (χ1) is 41.3. The van der Waals surface area contributed by atoms with E-state index in [-0.39, 0.29) is 11.1 Å². The first-order valence-electron chi connectivity index (χ1n) is 27.7. The summed E-state index contributed by atoms with van der Waals surface area (Å²) in [5.41, 5.74) is 17.8. The van der Waals surface area contributed by atoms with E-state index in [9.17, 15) is 21.0 Å². The van der Waals surface area contributed by atoms with Crippen molar-refractivity contribution >= 4 is 68.0 Å². The number of hydrogen-bond donors (Lipinski definition) is 0. The number of hydrogen-bond acceptors (Lipinski definition) is 8. The molecule has 0 saturated carbocycles. The third-order valence-corrected chi connectivity index (χ3v) is 15.2. The molecule has 0 heterocycles. The molecule has 0 aliphatic carbocycles. The fourth-order valence-electron chi connectivity index (χ4n) is 10.7. The van der Waals surface area contributed by atoms with Gasteiger partial charge < -0.3 is 19.6 Å². The molecule has 84 heavy (non-hydrogen) atoms. The number of nitrogens with zero attached hydrogens (tertiary/aromatic N) is 8. The summed E-state index contributed by atoms with van der Waals surface area (Å²) in [6, 6.07) is 104. The van der Waals surface area contributed by atoms with Crippen molar-refractivity contribution in [3.63, 3.8) is 0 Å². The van der Waals surface area contributed by atoms with Gasteiger partial charge in [0.1, 0.15) is 35.4 Å². The van der Waals surface area contributed by atoms with Crippen molar-refractivity contribution in [2.24, 2.45) is 0 Å². The van der Waals surface area contributed by atoms with Gasteiger partial charge in [-0.15, -0.1) is 0 Å². The van der Waals surface area contributed by atoms with Gasteiger partial charge in [-0.25, -0.2) is 0 Å². The van der Waals surface area contributed by atoms with E-state index in [1.807, 2.05) is 109 Å². The van der Waals surface area contributed by atoms with Gasteiger partial charge in [-0.1, -0.05) is 146 Å². The second-order valence-corrected chi connectivity index (χ2v) is 20.4. The maximum absolute atomic E-state index is 10.4. The predicted molar refractivity (Wildman–Crippen MR) is 343 cm³/mol. The highest BCUT2D eigenvalue weighted by Crippen LogP contribution is 2.38. The van der Waals surface area contributed by atoms with E-state index in [4.69, 9.17) is 0 Å². The third kappa shape index (κ3) is 11.9. The van der Waals surface area contributed by atoms with E-state index >= 15 is 0 Å². The Labute approximate surface area is 491 Å². The largest absolute Gasteiger partial charge is 0.345 e. The topological polar surface area (TPSA) is 108 Å². The van der Waals surface area contributed by atoms with Crippen LogP contribution in [0, 0.1) is 45.3 Å². The van der Waals surface area contributed by atoms with Crippen molar-refractivity contribution in [2.45, 2.75) is 12.8 Å². The number of rotatable bonds is 16. The molecule has 11 aromatic rings. The molecule has 8 nitrogen and oxygen atoms in total. The lowest BCUT2D eigenvalue weighted by molar-refractivity contribution is 1.11. The van der Waals surface area contributed by atoms with Crippen LogP contribution in [0.2, 0.25) is 0 Å². The van der Waals surface area contributed by atoms with Crippen LogP contribution in [-0.2, 0) is 12.8 Å². The molecule has 0 atom stereocenters. The number of nitriles is 4. The fraction of sp³-hybridized carbons (Fsp3) is 0.0526. The molecule has 8 heteroatoms. The molecule has 0 aliphatic heterocycles. The minimum absolute atomic E-state index is 0.0494. The SMILES string of the molecule is CN(c1ccccc1)c1ccc(-c2ccc(N(c3ccccc3)c3ccc(Cc4cc(=C(C#N)C#N)c(Cc5ccc(N(c6ccccc6)c6ccc(-c7ccc(N(C)c8ccccc8)cc7)cc6)cc5)cc4=C(C#N)C#N)cc3)cc2)cc1. The fourth-order valence-corrected chi connectivity index (χ4v) is 10.7. The van der Waals surface area contributed by atoms with E-state index in [2.05, 4.69) is 228 Å². The number of benzene rings is 11. The van der Waals surface area contributed by atoms with E-state index in [1.165, 1.54) is 0 Å². The second kappa shape index (κ2) is 25.2. The van der Waals surface area contributed by atoms with Crippen LogP contribution in [0.25, 0.3) is 33.4 Å². The summed E-state index contributed by atoms with van der Waals surface area (Å²) in [6.45, 7) is 0. The van der Waals surface area contributed by atoms with Gasteiger partial charge in [0.25, 0.3) is 0 Å². The van der Waals surface area contributed by atoms with Crippen molar-refractivity contribution in [2.75, 3.05) is 33.7 Å². The Kier molecular flexibility index (Phi) is 16.3. The molecule has 0 saturated heterocycles. The van der Waals surface area contributed by atoms with E-state index in [1.54, 1.807) is 0 Å². The van der Waals surface area contributed by atoms with Crippen LogP contribution in [-0.4, -0.2) is 14.1 Å². The molecule has 0 fully saturated rings. The minimum atomic E-state index is -0.0494. The van der Waals surface area contributed by atoms with E-state index < -0.39 is 0 Å². The molecular formula is C76H56N8. The average molecular weight is 1080 g/mol. The second-order valence-electron chi connectivity index (χ2n) is 20.4.